The molecule has 3 amide bonds. The van der Waals surface area contributed by atoms with Crippen molar-refractivity contribution in [2.75, 3.05) is 6.61 Å². The zero-order chi connectivity index (χ0) is 38.0. The van der Waals surface area contributed by atoms with Crippen molar-refractivity contribution in [3.05, 3.63) is 101 Å². The second kappa shape index (κ2) is 17.9. The van der Waals surface area contributed by atoms with E-state index in [-0.39, 0.29) is 30.8 Å². The Labute approximate surface area is 311 Å². The number of nitrogens with one attached hydrogen (secondary N) is 3. The Hall–Kier alpha value is -4.74. The normalized spacial score (nSPS) is 20.7. The fourth-order valence-electron chi connectivity index (χ4n) is 7.58. The molecule has 6 rings (SSSR count). The number of aryl methyl sites for hydroxylation is 1. The lowest BCUT2D eigenvalue weighted by atomic mass is 9.89. The van der Waals surface area contributed by atoms with Gasteiger partial charge in [-0.2, -0.15) is 0 Å². The quantitative estimate of drug-likeness (QED) is 0.153. The predicted octanol–water partition coefficient (Wildman–Crippen LogP) is 4.91. The number of carboxylic acids is 1. The summed E-state index contributed by atoms with van der Waals surface area (Å²) in [5, 5.41) is 39.3. The molecule has 2 aliphatic carbocycles. The molecule has 1 aliphatic heterocycles. The molecule has 0 bridgehead atoms. The largest absolute Gasteiger partial charge is 0.490 e. The van der Waals surface area contributed by atoms with Gasteiger partial charge in [0.15, 0.2) is 0 Å². The number of benzene rings is 3. The van der Waals surface area contributed by atoms with Crippen LogP contribution in [-0.2, 0) is 32.1 Å². The number of hydrogen-bond acceptors (Lipinski definition) is 7. The first-order chi connectivity index (χ1) is 25.4. The zero-order valence-corrected chi connectivity index (χ0v) is 30.7. The number of aliphatic hydroxyl groups excluding tert-OH is 2. The van der Waals surface area contributed by atoms with Gasteiger partial charge in [-0.25, -0.2) is 0 Å². The van der Waals surface area contributed by atoms with Crippen LogP contribution in [0.5, 0.6) is 5.75 Å². The number of aliphatic hydroxyl groups is 2. The smallest absolute Gasteiger partial charge is 0.309 e. The molecule has 2 saturated carbocycles. The van der Waals surface area contributed by atoms with Crippen LogP contribution in [0.3, 0.4) is 0 Å². The molecule has 0 saturated heterocycles. The molecular weight excluding hydrogens is 674 g/mol. The minimum atomic E-state index is -1.52. The molecule has 0 aromatic heterocycles. The van der Waals surface area contributed by atoms with E-state index >= 15 is 0 Å². The summed E-state index contributed by atoms with van der Waals surface area (Å²) in [6, 6.07) is 23.7. The van der Waals surface area contributed by atoms with E-state index in [1.807, 2.05) is 80.6 Å². The molecule has 284 valence electrons. The lowest BCUT2D eigenvalue weighted by molar-refractivity contribution is -0.147. The van der Waals surface area contributed by atoms with Crippen LogP contribution in [-0.4, -0.2) is 63.4 Å². The summed E-state index contributed by atoms with van der Waals surface area (Å²) < 4.78 is 5.61. The van der Waals surface area contributed by atoms with E-state index < -0.39 is 47.5 Å². The molecule has 53 heavy (non-hydrogen) atoms. The van der Waals surface area contributed by atoms with Crippen LogP contribution in [0.25, 0.3) is 0 Å². The van der Waals surface area contributed by atoms with E-state index in [0.717, 1.165) is 55.2 Å². The molecule has 11 nitrogen and oxygen atoms in total. The van der Waals surface area contributed by atoms with Crippen molar-refractivity contribution >= 4 is 23.7 Å². The highest BCUT2D eigenvalue weighted by Crippen LogP contribution is 2.37. The minimum absolute atomic E-state index is 0.0321. The van der Waals surface area contributed by atoms with Crippen molar-refractivity contribution in [1.29, 1.82) is 0 Å². The molecule has 3 aromatic rings. The van der Waals surface area contributed by atoms with Crippen molar-refractivity contribution in [2.24, 2.45) is 11.3 Å². The summed E-state index contributed by atoms with van der Waals surface area (Å²) in [6.45, 7) is 4.19. The summed E-state index contributed by atoms with van der Waals surface area (Å²) in [5.41, 5.74) is 2.08. The Morgan fingerprint density at radius 2 is 1.47 bits per heavy atom. The van der Waals surface area contributed by atoms with Gasteiger partial charge >= 0.3 is 5.97 Å². The SMILES string of the molecule is CC1(C(=O)O)CCCC1.Cc1ccccc1CNC(=O)C1(NC(=O)[C@@H](O)C[C@@H](Cc2ccccc2)C(=O)N[C@H]2c3ccccc3OC[C@H]2O)CCCC1. The molecule has 3 aromatic carbocycles. The number of hydrogen-bond donors (Lipinski definition) is 6. The first kappa shape index (κ1) is 39.5. The number of para-hydroxylation sites is 1. The van der Waals surface area contributed by atoms with Crippen molar-refractivity contribution in [2.45, 2.75) is 108 Å². The van der Waals surface area contributed by atoms with E-state index in [1.54, 1.807) is 12.1 Å². The van der Waals surface area contributed by atoms with Crippen LogP contribution in [0.15, 0.2) is 78.9 Å². The van der Waals surface area contributed by atoms with Gasteiger partial charge in [0.25, 0.3) is 0 Å². The molecule has 0 radical (unpaired) electrons. The molecule has 6 N–H and O–H groups in total. The second-order valence-corrected chi connectivity index (χ2v) is 15.0. The van der Waals surface area contributed by atoms with Crippen LogP contribution in [0, 0.1) is 18.3 Å². The topological polar surface area (TPSA) is 174 Å². The molecule has 0 unspecified atom stereocenters. The van der Waals surface area contributed by atoms with E-state index in [9.17, 15) is 29.4 Å². The van der Waals surface area contributed by atoms with Crippen LogP contribution < -0.4 is 20.7 Å². The molecule has 0 spiro atoms. The number of amides is 3. The standard InChI is InChI=1S/C35H41N3O6.C7H12O2/c1-23-11-5-6-14-25(23)21-36-34(43)35(17-9-10-18-35)38-33(42)28(39)20-26(19-24-12-3-2-4-13-24)32(41)37-31-27-15-7-8-16-30(27)44-22-29(31)40;1-7(6(8)9)4-2-3-5-7/h2-8,11-16,26,28-29,31,39-40H,9-10,17-22H2,1H3,(H,36,43)(H,37,41)(H,38,42);2-5H2,1H3,(H,8,9)/t26-,28+,29-,31+;/m1./s1. The first-order valence-corrected chi connectivity index (χ1v) is 18.7. The van der Waals surface area contributed by atoms with E-state index in [1.165, 1.54) is 0 Å². The van der Waals surface area contributed by atoms with Gasteiger partial charge in [-0.05, 0) is 75.1 Å². The Morgan fingerprint density at radius 1 is 0.849 bits per heavy atom. The van der Waals surface area contributed by atoms with Crippen LogP contribution in [0.1, 0.15) is 93.0 Å². The van der Waals surface area contributed by atoms with Crippen LogP contribution in [0.4, 0.5) is 0 Å². The van der Waals surface area contributed by atoms with Gasteiger partial charge in [-0.15, -0.1) is 0 Å². The molecular formula is C42H53N3O8. The molecule has 2 fully saturated rings. The Bertz CT molecular complexity index is 1720. The fourth-order valence-corrected chi connectivity index (χ4v) is 7.58. The van der Waals surface area contributed by atoms with Crippen molar-refractivity contribution in [3.63, 3.8) is 0 Å². The molecule has 4 atom stereocenters. The van der Waals surface area contributed by atoms with Gasteiger partial charge in [0.1, 0.15) is 30.1 Å². The number of aliphatic carboxylic acids is 1. The lowest BCUT2D eigenvalue weighted by Crippen LogP contribution is -2.59. The van der Waals surface area contributed by atoms with Crippen molar-refractivity contribution in [3.8, 4) is 5.75 Å². The lowest BCUT2D eigenvalue weighted by Gasteiger charge is -2.33. The maximum atomic E-state index is 13.7. The third-order valence-corrected chi connectivity index (χ3v) is 11.0. The number of fused-ring (bicyclic) bond motifs is 1. The van der Waals surface area contributed by atoms with Gasteiger partial charge in [0, 0.05) is 18.0 Å². The number of ether oxygens (including phenoxy) is 1. The second-order valence-electron chi connectivity index (χ2n) is 15.0. The van der Waals surface area contributed by atoms with Crippen LogP contribution >= 0.6 is 0 Å². The number of carbonyl (C=O) groups is 4. The highest BCUT2D eigenvalue weighted by Gasteiger charge is 2.44. The third-order valence-electron chi connectivity index (χ3n) is 11.0. The number of carboxylic acid groups (broad SMARTS) is 1. The number of carbonyl (C=O) groups excluding carboxylic acids is 3. The summed E-state index contributed by atoms with van der Waals surface area (Å²) >= 11 is 0. The Morgan fingerprint density at radius 3 is 2.13 bits per heavy atom. The summed E-state index contributed by atoms with van der Waals surface area (Å²) in [5.74, 6) is -2.17. The molecule has 11 heteroatoms. The average molecular weight is 728 g/mol. The van der Waals surface area contributed by atoms with Crippen molar-refractivity contribution in [1.82, 2.24) is 16.0 Å². The van der Waals surface area contributed by atoms with E-state index in [2.05, 4.69) is 16.0 Å². The summed E-state index contributed by atoms with van der Waals surface area (Å²) in [7, 11) is 0. The third kappa shape index (κ3) is 10.0. The minimum Gasteiger partial charge on any atom is -0.490 e. The van der Waals surface area contributed by atoms with Crippen LogP contribution in [0.2, 0.25) is 0 Å². The predicted molar refractivity (Wildman–Crippen MR) is 200 cm³/mol. The summed E-state index contributed by atoms with van der Waals surface area (Å²) in [6.07, 6.45) is 4.04. The molecule has 3 aliphatic rings. The zero-order valence-electron chi connectivity index (χ0n) is 30.7. The van der Waals surface area contributed by atoms with Gasteiger partial charge in [-0.3, -0.25) is 19.2 Å². The first-order valence-electron chi connectivity index (χ1n) is 18.7. The fraction of sp³-hybridized carbons (Fsp3) is 0.476. The van der Waals surface area contributed by atoms with Crippen molar-refractivity contribution < 1.29 is 39.2 Å². The number of rotatable bonds is 12. The van der Waals surface area contributed by atoms with Gasteiger partial charge in [0.2, 0.25) is 17.7 Å². The van der Waals surface area contributed by atoms with Gasteiger partial charge in [0.05, 0.1) is 11.5 Å². The maximum absolute atomic E-state index is 13.7. The molecule has 1 heterocycles. The average Bonchev–Trinajstić information content (AvgIpc) is 3.83. The Balaban J connectivity index is 0.000000526. The highest BCUT2D eigenvalue weighted by molar-refractivity contribution is 5.93. The highest BCUT2D eigenvalue weighted by atomic mass is 16.5. The van der Waals surface area contributed by atoms with E-state index in [4.69, 9.17) is 9.84 Å². The van der Waals surface area contributed by atoms with Gasteiger partial charge < -0.3 is 36.0 Å². The Kier molecular flexibility index (Phi) is 13.3. The van der Waals surface area contributed by atoms with Gasteiger partial charge in [-0.1, -0.05) is 98.5 Å². The monoisotopic (exact) mass is 727 g/mol. The van der Waals surface area contributed by atoms with E-state index in [0.29, 0.717) is 30.7 Å². The summed E-state index contributed by atoms with van der Waals surface area (Å²) in [4.78, 5) is 51.1. The maximum Gasteiger partial charge on any atom is 0.309 e.